The molecule has 0 aromatic heterocycles. The van der Waals surface area contributed by atoms with Crippen LogP contribution in [0.4, 0.5) is 0 Å². The van der Waals surface area contributed by atoms with E-state index in [0.717, 1.165) is 25.6 Å². The number of piperidine rings is 1. The van der Waals surface area contributed by atoms with Crippen LogP contribution in [0.5, 0.6) is 0 Å². The van der Waals surface area contributed by atoms with E-state index in [1.54, 1.807) is 0 Å². The molecule has 3 nitrogen and oxygen atoms in total. The molecule has 0 atom stereocenters. The maximum absolute atomic E-state index is 6.22. The summed E-state index contributed by atoms with van der Waals surface area (Å²) >= 11 is 0. The lowest BCUT2D eigenvalue weighted by Gasteiger charge is -2.48. The van der Waals surface area contributed by atoms with Gasteiger partial charge in [0.15, 0.2) is 0 Å². The third-order valence-corrected chi connectivity index (χ3v) is 6.02. The molecule has 0 unspecified atom stereocenters. The van der Waals surface area contributed by atoms with Crippen LogP contribution in [-0.4, -0.2) is 60.8 Å². The molecule has 0 bridgehead atoms. The molecule has 0 N–H and O–H groups in total. The fourth-order valence-electron chi connectivity index (χ4n) is 3.59. The number of ether oxygens (including phenoxy) is 1. The van der Waals surface area contributed by atoms with Crippen molar-refractivity contribution in [2.45, 2.75) is 118 Å². The summed E-state index contributed by atoms with van der Waals surface area (Å²) in [5.74, 6) is 0.833. The Bertz CT molecular complexity index is 327. The zero-order valence-electron chi connectivity index (χ0n) is 20.9. The maximum atomic E-state index is 6.22. The highest BCUT2D eigenvalue weighted by atomic mass is 16.5. The summed E-state index contributed by atoms with van der Waals surface area (Å²) in [4.78, 5) is 5.24. The molecule has 170 valence electrons. The zero-order valence-corrected chi connectivity index (χ0v) is 20.9. The maximum Gasteiger partial charge on any atom is 0.0833 e. The number of morpholine rings is 1. The Hall–Kier alpha value is -0.120. The number of hydrogen-bond acceptors (Lipinski definition) is 3. The molecule has 0 amide bonds. The first-order chi connectivity index (χ1) is 13.3. The molecule has 0 saturated carbocycles. The predicted molar refractivity (Wildman–Crippen MR) is 126 cm³/mol. The van der Waals surface area contributed by atoms with Gasteiger partial charge in [0.1, 0.15) is 0 Å². The van der Waals surface area contributed by atoms with Gasteiger partial charge >= 0.3 is 0 Å². The largest absolute Gasteiger partial charge is 0.372 e. The molecule has 2 aliphatic rings. The number of likely N-dealkylation sites (tertiary alicyclic amines) is 1. The lowest BCUT2D eigenvalue weighted by Crippen LogP contribution is -2.57. The minimum absolute atomic E-state index is 0.168. The van der Waals surface area contributed by atoms with Gasteiger partial charge in [0, 0.05) is 32.2 Å². The monoisotopic (exact) mass is 398 g/mol. The van der Waals surface area contributed by atoms with Crippen molar-refractivity contribution in [3.63, 3.8) is 0 Å². The summed E-state index contributed by atoms with van der Waals surface area (Å²) in [5, 5.41) is 0. The summed E-state index contributed by atoms with van der Waals surface area (Å²) in [6, 6.07) is 0.679. The van der Waals surface area contributed by atoms with Gasteiger partial charge in [-0.25, -0.2) is 0 Å². The van der Waals surface area contributed by atoms with Crippen molar-refractivity contribution in [1.29, 1.82) is 0 Å². The third kappa shape index (κ3) is 12.4. The first kappa shape index (κ1) is 27.9. The van der Waals surface area contributed by atoms with Gasteiger partial charge < -0.3 is 9.64 Å². The van der Waals surface area contributed by atoms with E-state index in [9.17, 15) is 0 Å². The Morgan fingerprint density at radius 1 is 0.821 bits per heavy atom. The van der Waals surface area contributed by atoms with Crippen LogP contribution in [-0.2, 0) is 4.74 Å². The summed E-state index contributed by atoms with van der Waals surface area (Å²) in [6.45, 7) is 24.9. The molecule has 2 rings (SSSR count). The standard InChI is InChI=1S/C17H34N2O.2C4H10/c1-15(2)6-5-9-18-12-13-20-17(14-18)7-10-19(11-8-17)16(3)4;2*1-3-4-2/h15-16H,5-14H2,1-4H3;2*3-4H2,1-2H3. The molecule has 0 aromatic rings. The SMILES string of the molecule is CC(C)CCCN1CCOC2(CCN(C(C)C)CC2)C1.CCCC.CCCC. The van der Waals surface area contributed by atoms with Crippen LogP contribution in [0.1, 0.15) is 107 Å². The fraction of sp³-hybridized carbons (Fsp3) is 1.00. The Labute approximate surface area is 178 Å². The van der Waals surface area contributed by atoms with Crippen molar-refractivity contribution in [2.75, 3.05) is 39.3 Å². The molecule has 2 aliphatic heterocycles. The van der Waals surface area contributed by atoms with E-state index >= 15 is 0 Å². The molecule has 28 heavy (non-hydrogen) atoms. The van der Waals surface area contributed by atoms with Crippen LogP contribution in [0.25, 0.3) is 0 Å². The number of rotatable bonds is 7. The average molecular weight is 399 g/mol. The average Bonchev–Trinajstić information content (AvgIpc) is 2.68. The second kappa shape index (κ2) is 16.7. The summed E-state index contributed by atoms with van der Waals surface area (Å²) in [7, 11) is 0. The number of nitrogens with zero attached hydrogens (tertiary/aromatic N) is 2. The molecule has 2 saturated heterocycles. The molecular formula is C25H54N2O. The molecule has 0 aromatic carbocycles. The van der Waals surface area contributed by atoms with E-state index in [2.05, 4.69) is 65.2 Å². The molecule has 3 heteroatoms. The third-order valence-electron chi connectivity index (χ3n) is 6.02. The van der Waals surface area contributed by atoms with Crippen molar-refractivity contribution >= 4 is 0 Å². The fourth-order valence-corrected chi connectivity index (χ4v) is 3.59. The minimum atomic E-state index is 0.168. The van der Waals surface area contributed by atoms with Crippen molar-refractivity contribution in [1.82, 2.24) is 9.80 Å². The molecule has 1 spiro atoms. The van der Waals surface area contributed by atoms with Crippen molar-refractivity contribution in [3.8, 4) is 0 Å². The van der Waals surface area contributed by atoms with E-state index in [4.69, 9.17) is 4.74 Å². The molecule has 2 fully saturated rings. The van der Waals surface area contributed by atoms with Crippen LogP contribution in [0.2, 0.25) is 0 Å². The topological polar surface area (TPSA) is 15.7 Å². The Morgan fingerprint density at radius 2 is 1.36 bits per heavy atom. The van der Waals surface area contributed by atoms with Gasteiger partial charge in [0.05, 0.1) is 12.2 Å². The Kier molecular flexibility index (Phi) is 16.6. The summed E-state index contributed by atoms with van der Waals surface area (Å²) in [6.07, 6.45) is 10.4. The van der Waals surface area contributed by atoms with Crippen molar-refractivity contribution < 1.29 is 4.74 Å². The molecule has 0 aliphatic carbocycles. The first-order valence-corrected chi connectivity index (χ1v) is 12.4. The van der Waals surface area contributed by atoms with Gasteiger partial charge in [0.2, 0.25) is 0 Å². The highest BCUT2D eigenvalue weighted by molar-refractivity contribution is 4.93. The Balaban J connectivity index is 0.000000776. The molecular weight excluding hydrogens is 344 g/mol. The number of hydrogen-bond donors (Lipinski definition) is 0. The van der Waals surface area contributed by atoms with E-state index in [0.29, 0.717) is 6.04 Å². The smallest absolute Gasteiger partial charge is 0.0833 e. The van der Waals surface area contributed by atoms with E-state index in [1.807, 2.05) is 0 Å². The lowest BCUT2D eigenvalue weighted by molar-refractivity contribution is -0.138. The zero-order chi connectivity index (χ0) is 21.4. The van der Waals surface area contributed by atoms with E-state index in [-0.39, 0.29) is 5.60 Å². The van der Waals surface area contributed by atoms with Gasteiger partial charge in [-0.1, -0.05) is 67.2 Å². The van der Waals surface area contributed by atoms with Crippen LogP contribution in [0.3, 0.4) is 0 Å². The van der Waals surface area contributed by atoms with Gasteiger partial charge in [-0.05, 0) is 52.0 Å². The second-order valence-electron chi connectivity index (χ2n) is 9.47. The minimum Gasteiger partial charge on any atom is -0.372 e. The normalized spacial score (nSPS) is 19.9. The van der Waals surface area contributed by atoms with Gasteiger partial charge in [-0.15, -0.1) is 0 Å². The second-order valence-corrected chi connectivity index (χ2v) is 9.47. The van der Waals surface area contributed by atoms with E-state index < -0.39 is 0 Å². The highest BCUT2D eigenvalue weighted by Crippen LogP contribution is 2.31. The van der Waals surface area contributed by atoms with Crippen molar-refractivity contribution in [3.05, 3.63) is 0 Å². The van der Waals surface area contributed by atoms with Crippen LogP contribution < -0.4 is 0 Å². The van der Waals surface area contributed by atoms with Gasteiger partial charge in [-0.2, -0.15) is 0 Å². The molecule has 2 heterocycles. The van der Waals surface area contributed by atoms with Crippen LogP contribution >= 0.6 is 0 Å². The van der Waals surface area contributed by atoms with Crippen LogP contribution in [0.15, 0.2) is 0 Å². The van der Waals surface area contributed by atoms with Gasteiger partial charge in [0.25, 0.3) is 0 Å². The van der Waals surface area contributed by atoms with Crippen molar-refractivity contribution in [2.24, 2.45) is 5.92 Å². The first-order valence-electron chi connectivity index (χ1n) is 12.4. The Morgan fingerprint density at radius 3 is 1.79 bits per heavy atom. The number of unbranched alkanes of at least 4 members (excludes halogenated alkanes) is 2. The highest BCUT2D eigenvalue weighted by Gasteiger charge is 2.39. The summed E-state index contributed by atoms with van der Waals surface area (Å²) in [5.41, 5.74) is 0.168. The van der Waals surface area contributed by atoms with Crippen LogP contribution in [0, 0.1) is 5.92 Å². The quantitative estimate of drug-likeness (QED) is 0.480. The van der Waals surface area contributed by atoms with Gasteiger partial charge in [-0.3, -0.25) is 4.90 Å². The lowest BCUT2D eigenvalue weighted by atomic mass is 9.88. The van der Waals surface area contributed by atoms with E-state index in [1.165, 1.54) is 71.0 Å². The predicted octanol–water partition coefficient (Wildman–Crippen LogP) is 6.61. The molecule has 0 radical (unpaired) electrons. The summed E-state index contributed by atoms with van der Waals surface area (Å²) < 4.78 is 6.22.